The second-order valence-electron chi connectivity index (χ2n) is 5.07. The van der Waals surface area contributed by atoms with Crippen LogP contribution in [0.2, 0.25) is 0 Å². The van der Waals surface area contributed by atoms with Gasteiger partial charge in [0.05, 0.1) is 0 Å². The van der Waals surface area contributed by atoms with Crippen molar-refractivity contribution in [3.8, 4) is 0 Å². The molecule has 1 N–H and O–H groups in total. The molecular weight excluding hydrogens is 216 g/mol. The summed E-state index contributed by atoms with van der Waals surface area (Å²) in [4.78, 5) is 2.46. The fraction of sp³-hybridized carbons (Fsp3) is 0.692. The van der Waals surface area contributed by atoms with E-state index < -0.39 is 0 Å². The lowest BCUT2D eigenvalue weighted by Crippen LogP contribution is -2.39. The van der Waals surface area contributed by atoms with Crippen molar-refractivity contribution in [3.05, 3.63) is 22.4 Å². The zero-order chi connectivity index (χ0) is 11.4. The quantitative estimate of drug-likeness (QED) is 0.867. The van der Waals surface area contributed by atoms with E-state index in [1.807, 2.05) is 0 Å². The van der Waals surface area contributed by atoms with Crippen LogP contribution >= 0.6 is 11.3 Å². The van der Waals surface area contributed by atoms with Gasteiger partial charge in [0.15, 0.2) is 0 Å². The third-order valence-corrected chi connectivity index (χ3v) is 4.07. The Bertz CT molecular complexity index is 297. The first-order chi connectivity index (χ1) is 7.74. The Labute approximate surface area is 103 Å². The fourth-order valence-corrected chi connectivity index (χ4v) is 3.26. The maximum Gasteiger partial charge on any atom is 0.0239 e. The Morgan fingerprint density at radius 3 is 3.12 bits per heavy atom. The number of rotatable bonds is 4. The van der Waals surface area contributed by atoms with Crippen molar-refractivity contribution in [1.82, 2.24) is 10.2 Å². The molecule has 0 spiro atoms. The van der Waals surface area contributed by atoms with E-state index in [4.69, 9.17) is 0 Å². The molecule has 2 unspecified atom stereocenters. The van der Waals surface area contributed by atoms with Gasteiger partial charge in [-0.15, -0.1) is 0 Å². The molecule has 2 heterocycles. The highest BCUT2D eigenvalue weighted by Crippen LogP contribution is 2.18. The molecule has 3 heteroatoms. The lowest BCUT2D eigenvalue weighted by molar-refractivity contribution is 0.215. The average molecular weight is 238 g/mol. The van der Waals surface area contributed by atoms with Gasteiger partial charge < -0.3 is 10.2 Å². The Hall–Kier alpha value is -0.380. The SMILES string of the molecule is CC1CC(CN(C)Cc2ccsc2)CCN1. The summed E-state index contributed by atoms with van der Waals surface area (Å²) in [7, 11) is 2.24. The van der Waals surface area contributed by atoms with E-state index in [0.29, 0.717) is 6.04 Å². The Morgan fingerprint density at radius 1 is 1.56 bits per heavy atom. The molecule has 1 aromatic heterocycles. The highest BCUT2D eigenvalue weighted by Gasteiger charge is 2.19. The third-order valence-electron chi connectivity index (χ3n) is 3.33. The summed E-state index contributed by atoms with van der Waals surface area (Å²) in [5, 5.41) is 7.93. The second kappa shape index (κ2) is 5.80. The minimum atomic E-state index is 0.702. The number of nitrogens with one attached hydrogen (secondary N) is 1. The van der Waals surface area contributed by atoms with Gasteiger partial charge in [0.2, 0.25) is 0 Å². The lowest BCUT2D eigenvalue weighted by atomic mass is 9.93. The molecule has 2 atom stereocenters. The fourth-order valence-electron chi connectivity index (χ4n) is 2.60. The Kier molecular flexibility index (Phi) is 4.38. The molecule has 90 valence electrons. The first kappa shape index (κ1) is 12.1. The molecule has 0 bridgehead atoms. The number of thiophene rings is 1. The van der Waals surface area contributed by atoms with E-state index >= 15 is 0 Å². The van der Waals surface area contributed by atoms with Crippen molar-refractivity contribution in [2.24, 2.45) is 5.92 Å². The number of hydrogen-bond donors (Lipinski definition) is 1. The molecule has 2 rings (SSSR count). The number of nitrogens with zero attached hydrogens (tertiary/aromatic N) is 1. The molecular formula is C13H22N2S. The molecule has 0 radical (unpaired) electrons. The van der Waals surface area contributed by atoms with E-state index in [0.717, 1.165) is 12.5 Å². The zero-order valence-electron chi connectivity index (χ0n) is 10.3. The summed E-state index contributed by atoms with van der Waals surface area (Å²) in [6, 6.07) is 2.93. The van der Waals surface area contributed by atoms with E-state index in [1.54, 1.807) is 11.3 Å². The Balaban J connectivity index is 1.76. The van der Waals surface area contributed by atoms with Crippen molar-refractivity contribution >= 4 is 11.3 Å². The standard InChI is InChI=1S/C13H22N2S/c1-11-7-12(3-5-14-11)8-15(2)9-13-4-6-16-10-13/h4,6,10-12,14H,3,5,7-9H2,1-2H3. The zero-order valence-corrected chi connectivity index (χ0v) is 11.1. The summed E-state index contributed by atoms with van der Waals surface area (Å²) >= 11 is 1.79. The smallest absolute Gasteiger partial charge is 0.0239 e. The molecule has 1 aliphatic heterocycles. The highest BCUT2D eigenvalue weighted by atomic mass is 32.1. The molecule has 1 fully saturated rings. The van der Waals surface area contributed by atoms with Crippen molar-refractivity contribution in [2.45, 2.75) is 32.4 Å². The van der Waals surface area contributed by atoms with Crippen LogP contribution in [0.4, 0.5) is 0 Å². The first-order valence-electron chi connectivity index (χ1n) is 6.17. The van der Waals surface area contributed by atoms with Gasteiger partial charge >= 0.3 is 0 Å². The molecule has 1 aromatic rings. The minimum absolute atomic E-state index is 0.702. The van der Waals surface area contributed by atoms with E-state index in [2.05, 4.69) is 41.0 Å². The Morgan fingerprint density at radius 2 is 2.44 bits per heavy atom. The van der Waals surface area contributed by atoms with Crippen LogP contribution in [0.3, 0.4) is 0 Å². The minimum Gasteiger partial charge on any atom is -0.314 e. The maximum atomic E-state index is 3.51. The van der Waals surface area contributed by atoms with Crippen LogP contribution in [0, 0.1) is 5.92 Å². The van der Waals surface area contributed by atoms with Gasteiger partial charge in [-0.1, -0.05) is 0 Å². The van der Waals surface area contributed by atoms with Crippen LogP contribution in [0.1, 0.15) is 25.3 Å². The van der Waals surface area contributed by atoms with Crippen LogP contribution < -0.4 is 5.32 Å². The van der Waals surface area contributed by atoms with Crippen molar-refractivity contribution in [2.75, 3.05) is 20.1 Å². The van der Waals surface area contributed by atoms with Crippen molar-refractivity contribution < 1.29 is 0 Å². The highest BCUT2D eigenvalue weighted by molar-refractivity contribution is 7.07. The van der Waals surface area contributed by atoms with Crippen LogP contribution in [-0.4, -0.2) is 31.1 Å². The number of piperidine rings is 1. The lowest BCUT2D eigenvalue weighted by Gasteiger charge is -2.31. The third kappa shape index (κ3) is 3.58. The molecule has 1 saturated heterocycles. The summed E-state index contributed by atoms with van der Waals surface area (Å²) in [6.07, 6.45) is 2.66. The van der Waals surface area contributed by atoms with Gasteiger partial charge in [-0.05, 0) is 61.7 Å². The van der Waals surface area contributed by atoms with Crippen LogP contribution in [-0.2, 0) is 6.54 Å². The average Bonchev–Trinajstić information content (AvgIpc) is 2.70. The largest absolute Gasteiger partial charge is 0.314 e. The maximum absolute atomic E-state index is 3.51. The molecule has 0 aromatic carbocycles. The summed E-state index contributed by atoms with van der Waals surface area (Å²) in [6.45, 7) is 5.83. The molecule has 0 saturated carbocycles. The van der Waals surface area contributed by atoms with Crippen molar-refractivity contribution in [1.29, 1.82) is 0 Å². The normalized spacial score (nSPS) is 26.2. The van der Waals surface area contributed by atoms with Gasteiger partial charge in [-0.2, -0.15) is 11.3 Å². The molecule has 2 nitrogen and oxygen atoms in total. The van der Waals surface area contributed by atoms with Crippen LogP contribution in [0.5, 0.6) is 0 Å². The first-order valence-corrected chi connectivity index (χ1v) is 7.11. The molecule has 0 aliphatic carbocycles. The molecule has 0 amide bonds. The van der Waals surface area contributed by atoms with E-state index in [9.17, 15) is 0 Å². The van der Waals surface area contributed by atoms with Crippen LogP contribution in [0.15, 0.2) is 16.8 Å². The van der Waals surface area contributed by atoms with Gasteiger partial charge in [0.25, 0.3) is 0 Å². The summed E-state index contributed by atoms with van der Waals surface area (Å²) in [5.74, 6) is 0.875. The van der Waals surface area contributed by atoms with E-state index in [-0.39, 0.29) is 0 Å². The second-order valence-corrected chi connectivity index (χ2v) is 5.85. The summed E-state index contributed by atoms with van der Waals surface area (Å²) < 4.78 is 0. The molecule has 1 aliphatic rings. The summed E-state index contributed by atoms with van der Waals surface area (Å²) in [5.41, 5.74) is 1.45. The van der Waals surface area contributed by atoms with Gasteiger partial charge in [-0.25, -0.2) is 0 Å². The van der Waals surface area contributed by atoms with E-state index in [1.165, 1.54) is 31.5 Å². The van der Waals surface area contributed by atoms with Crippen LogP contribution in [0.25, 0.3) is 0 Å². The number of hydrogen-bond acceptors (Lipinski definition) is 3. The monoisotopic (exact) mass is 238 g/mol. The topological polar surface area (TPSA) is 15.3 Å². The molecule has 16 heavy (non-hydrogen) atoms. The van der Waals surface area contributed by atoms with Gasteiger partial charge in [0, 0.05) is 19.1 Å². The van der Waals surface area contributed by atoms with Gasteiger partial charge in [0.1, 0.15) is 0 Å². The van der Waals surface area contributed by atoms with Gasteiger partial charge in [-0.3, -0.25) is 0 Å². The predicted molar refractivity (Wildman–Crippen MR) is 70.8 cm³/mol. The van der Waals surface area contributed by atoms with Crippen molar-refractivity contribution in [3.63, 3.8) is 0 Å². The predicted octanol–water partition coefficient (Wildman–Crippen LogP) is 2.57.